The summed E-state index contributed by atoms with van der Waals surface area (Å²) in [4.78, 5) is 0. The Morgan fingerprint density at radius 2 is 1.17 bits per heavy atom. The Kier molecular flexibility index (Phi) is 2.91. The molecule has 2 rings (SSSR count). The van der Waals surface area contributed by atoms with E-state index < -0.39 is 0 Å². The number of hydrogen-bond acceptors (Lipinski definition) is 0. The zero-order valence-corrected chi connectivity index (χ0v) is 8.46. The van der Waals surface area contributed by atoms with Crippen LogP contribution in [0.3, 0.4) is 0 Å². The summed E-state index contributed by atoms with van der Waals surface area (Å²) in [6.07, 6.45) is 0. The van der Waals surface area contributed by atoms with Crippen LogP contribution in [0.1, 0.15) is 50.7 Å². The van der Waals surface area contributed by atoms with E-state index in [4.69, 9.17) is 0 Å². The summed E-state index contributed by atoms with van der Waals surface area (Å²) in [6, 6.07) is 8.72. The molecule has 0 saturated carbocycles. The molecular formula is C12H18. The molecule has 0 amide bonds. The smallest absolute Gasteiger partial charge is 0.0121 e. The van der Waals surface area contributed by atoms with E-state index in [0.29, 0.717) is 0 Å². The van der Waals surface area contributed by atoms with Gasteiger partial charge in [-0.15, -0.1) is 0 Å². The third-order valence-electron chi connectivity index (χ3n) is 2.73. The Labute approximate surface area is 75.6 Å². The van der Waals surface area contributed by atoms with E-state index in [-0.39, 0.29) is 0 Å². The quantitative estimate of drug-likeness (QED) is 0.542. The largest absolute Gasteiger partial charge is 0.0683 e. The maximum absolute atomic E-state index is 2.30. The van der Waals surface area contributed by atoms with Crippen molar-refractivity contribution < 1.29 is 0 Å². The van der Waals surface area contributed by atoms with Crippen LogP contribution in [0.4, 0.5) is 0 Å². The van der Waals surface area contributed by atoms with Crippen LogP contribution in [-0.4, -0.2) is 0 Å². The Balaban J connectivity index is 0.000000336. The van der Waals surface area contributed by atoms with Crippen LogP contribution < -0.4 is 0 Å². The molecule has 0 N–H and O–H groups in total. The minimum absolute atomic E-state index is 0.788. The first kappa shape index (κ1) is 9.31. The SMILES string of the molecule is CC.CC1c2ccccc2C1C. The summed E-state index contributed by atoms with van der Waals surface area (Å²) in [6.45, 7) is 8.60. The van der Waals surface area contributed by atoms with Gasteiger partial charge >= 0.3 is 0 Å². The molecule has 2 unspecified atom stereocenters. The van der Waals surface area contributed by atoms with Crippen LogP contribution in [0.2, 0.25) is 0 Å². The minimum Gasteiger partial charge on any atom is -0.0683 e. The monoisotopic (exact) mass is 162 g/mol. The lowest BCUT2D eigenvalue weighted by Gasteiger charge is -2.34. The van der Waals surface area contributed by atoms with Gasteiger partial charge in [0.25, 0.3) is 0 Å². The van der Waals surface area contributed by atoms with E-state index in [2.05, 4.69) is 38.1 Å². The molecule has 0 aromatic heterocycles. The summed E-state index contributed by atoms with van der Waals surface area (Å²) in [5, 5.41) is 0. The van der Waals surface area contributed by atoms with Crippen molar-refractivity contribution in [2.24, 2.45) is 0 Å². The third-order valence-corrected chi connectivity index (χ3v) is 2.73. The first-order chi connectivity index (χ1) is 5.80. The van der Waals surface area contributed by atoms with Crippen LogP contribution in [0.25, 0.3) is 0 Å². The normalized spacial score (nSPS) is 24.7. The van der Waals surface area contributed by atoms with Crippen LogP contribution in [0.5, 0.6) is 0 Å². The molecule has 0 aliphatic heterocycles. The molecule has 0 saturated heterocycles. The fraction of sp³-hybridized carbons (Fsp3) is 0.500. The second-order valence-corrected chi connectivity index (χ2v) is 3.21. The maximum Gasteiger partial charge on any atom is -0.0121 e. The predicted molar refractivity (Wildman–Crippen MR) is 54.6 cm³/mol. The van der Waals surface area contributed by atoms with Gasteiger partial charge in [0.15, 0.2) is 0 Å². The second-order valence-electron chi connectivity index (χ2n) is 3.21. The van der Waals surface area contributed by atoms with Crippen molar-refractivity contribution in [3.8, 4) is 0 Å². The van der Waals surface area contributed by atoms with E-state index in [1.165, 1.54) is 0 Å². The molecule has 0 heteroatoms. The molecule has 2 atom stereocenters. The highest BCUT2D eigenvalue weighted by molar-refractivity contribution is 5.43. The van der Waals surface area contributed by atoms with Crippen molar-refractivity contribution in [1.29, 1.82) is 0 Å². The fourth-order valence-corrected chi connectivity index (χ4v) is 1.78. The highest BCUT2D eigenvalue weighted by atomic mass is 14.3. The average Bonchev–Trinajstić information content (AvgIpc) is 2.19. The number of rotatable bonds is 0. The predicted octanol–water partition coefficient (Wildman–Crippen LogP) is 3.93. The van der Waals surface area contributed by atoms with Crippen LogP contribution in [0, 0.1) is 0 Å². The molecule has 12 heavy (non-hydrogen) atoms. The first-order valence-electron chi connectivity index (χ1n) is 4.89. The minimum atomic E-state index is 0.788. The van der Waals surface area contributed by atoms with Crippen LogP contribution in [0.15, 0.2) is 24.3 Å². The van der Waals surface area contributed by atoms with E-state index in [1.807, 2.05) is 13.8 Å². The molecular weight excluding hydrogens is 144 g/mol. The average molecular weight is 162 g/mol. The topological polar surface area (TPSA) is 0 Å². The van der Waals surface area contributed by atoms with Gasteiger partial charge in [-0.25, -0.2) is 0 Å². The lowest BCUT2D eigenvalue weighted by Crippen LogP contribution is -2.18. The van der Waals surface area contributed by atoms with Crippen molar-refractivity contribution in [3.05, 3.63) is 35.4 Å². The summed E-state index contributed by atoms with van der Waals surface area (Å²) in [5.74, 6) is 1.58. The lowest BCUT2D eigenvalue weighted by molar-refractivity contribution is 0.542. The highest BCUT2D eigenvalue weighted by Gasteiger charge is 2.29. The maximum atomic E-state index is 2.30. The van der Waals surface area contributed by atoms with Crippen molar-refractivity contribution >= 4 is 0 Å². The van der Waals surface area contributed by atoms with Gasteiger partial charge in [0.2, 0.25) is 0 Å². The summed E-state index contributed by atoms with van der Waals surface area (Å²) in [7, 11) is 0. The molecule has 0 heterocycles. The van der Waals surface area contributed by atoms with Crippen molar-refractivity contribution in [3.63, 3.8) is 0 Å². The van der Waals surface area contributed by atoms with E-state index in [1.54, 1.807) is 11.1 Å². The summed E-state index contributed by atoms with van der Waals surface area (Å²) in [5.41, 5.74) is 3.10. The Morgan fingerprint density at radius 3 is 1.50 bits per heavy atom. The Hall–Kier alpha value is -0.780. The molecule has 0 radical (unpaired) electrons. The number of benzene rings is 1. The van der Waals surface area contributed by atoms with Crippen LogP contribution >= 0.6 is 0 Å². The standard InChI is InChI=1S/C10H12.C2H6/c1-7-8(2)10-6-4-3-5-9(7)10;1-2/h3-8H,1-2H3;1-2H3. The van der Waals surface area contributed by atoms with Gasteiger partial charge in [0.05, 0.1) is 0 Å². The van der Waals surface area contributed by atoms with E-state index >= 15 is 0 Å². The van der Waals surface area contributed by atoms with Gasteiger partial charge in [-0.3, -0.25) is 0 Å². The zero-order chi connectivity index (χ0) is 9.14. The molecule has 1 aliphatic carbocycles. The molecule has 1 aromatic carbocycles. The van der Waals surface area contributed by atoms with E-state index in [0.717, 1.165) is 11.8 Å². The molecule has 0 bridgehead atoms. The Morgan fingerprint density at radius 1 is 0.833 bits per heavy atom. The van der Waals surface area contributed by atoms with Gasteiger partial charge in [-0.05, 0) is 23.0 Å². The third kappa shape index (κ3) is 1.26. The zero-order valence-electron chi connectivity index (χ0n) is 8.46. The van der Waals surface area contributed by atoms with Gasteiger partial charge in [-0.1, -0.05) is 52.0 Å². The molecule has 1 aliphatic rings. The molecule has 0 fully saturated rings. The van der Waals surface area contributed by atoms with Crippen LogP contribution in [-0.2, 0) is 0 Å². The molecule has 0 spiro atoms. The van der Waals surface area contributed by atoms with Crippen molar-refractivity contribution in [2.45, 2.75) is 39.5 Å². The van der Waals surface area contributed by atoms with Crippen molar-refractivity contribution in [1.82, 2.24) is 0 Å². The highest BCUT2D eigenvalue weighted by Crippen LogP contribution is 2.45. The van der Waals surface area contributed by atoms with Crippen molar-refractivity contribution in [2.75, 3.05) is 0 Å². The van der Waals surface area contributed by atoms with Gasteiger partial charge < -0.3 is 0 Å². The van der Waals surface area contributed by atoms with Gasteiger partial charge in [-0.2, -0.15) is 0 Å². The number of hydrogen-bond donors (Lipinski definition) is 0. The molecule has 0 nitrogen and oxygen atoms in total. The Bertz CT molecular complexity index is 223. The number of fused-ring (bicyclic) bond motifs is 1. The summed E-state index contributed by atoms with van der Waals surface area (Å²) >= 11 is 0. The van der Waals surface area contributed by atoms with Gasteiger partial charge in [0, 0.05) is 0 Å². The lowest BCUT2D eigenvalue weighted by atomic mass is 9.70. The molecule has 66 valence electrons. The van der Waals surface area contributed by atoms with E-state index in [9.17, 15) is 0 Å². The second kappa shape index (κ2) is 3.75. The van der Waals surface area contributed by atoms with Gasteiger partial charge in [0.1, 0.15) is 0 Å². The first-order valence-corrected chi connectivity index (χ1v) is 4.89. The molecule has 1 aromatic rings. The summed E-state index contributed by atoms with van der Waals surface area (Å²) < 4.78 is 0. The fourth-order valence-electron chi connectivity index (χ4n) is 1.78.